The summed E-state index contributed by atoms with van der Waals surface area (Å²) in [7, 11) is 1.70. The van der Waals surface area contributed by atoms with Crippen LogP contribution in [-0.2, 0) is 4.74 Å². The molecule has 0 saturated carbocycles. The molecule has 3 nitrogen and oxygen atoms in total. The van der Waals surface area contributed by atoms with Gasteiger partial charge in [0.05, 0.1) is 19.7 Å². The molecule has 2 atom stereocenters. The minimum absolute atomic E-state index is 0.0298. The first-order chi connectivity index (χ1) is 10.1. The first kappa shape index (κ1) is 19.8. The molecule has 0 bridgehead atoms. The number of halogens is 2. The Morgan fingerprint density at radius 2 is 1.82 bits per heavy atom. The molecule has 1 N–H and O–H groups in total. The van der Waals surface area contributed by atoms with E-state index in [1.54, 1.807) is 7.11 Å². The van der Waals surface area contributed by atoms with Crippen LogP contribution in [-0.4, -0.2) is 55.3 Å². The van der Waals surface area contributed by atoms with E-state index in [0.29, 0.717) is 12.5 Å². The zero-order valence-corrected chi connectivity index (χ0v) is 15.1. The molecule has 132 valence electrons. The second-order valence-electron chi connectivity index (χ2n) is 7.56. The van der Waals surface area contributed by atoms with Gasteiger partial charge in [-0.2, -0.15) is 0 Å². The molecule has 1 aliphatic heterocycles. The minimum Gasteiger partial charge on any atom is -0.383 e. The summed E-state index contributed by atoms with van der Waals surface area (Å²) in [5.41, 5.74) is -0.136. The van der Waals surface area contributed by atoms with Crippen molar-refractivity contribution in [2.75, 3.05) is 33.4 Å². The minimum atomic E-state index is -2.50. The van der Waals surface area contributed by atoms with E-state index in [0.717, 1.165) is 25.8 Å². The van der Waals surface area contributed by atoms with Gasteiger partial charge in [0, 0.05) is 24.7 Å². The Balaban J connectivity index is 2.63. The Hall–Kier alpha value is -0.260. The van der Waals surface area contributed by atoms with E-state index in [1.165, 1.54) is 0 Å². The van der Waals surface area contributed by atoms with Gasteiger partial charge in [0.25, 0.3) is 5.92 Å². The van der Waals surface area contributed by atoms with Crippen molar-refractivity contribution in [1.82, 2.24) is 10.2 Å². The zero-order valence-electron chi connectivity index (χ0n) is 15.1. The number of likely N-dealkylation sites (tertiary alicyclic amines) is 1. The molecule has 0 spiro atoms. The van der Waals surface area contributed by atoms with Crippen molar-refractivity contribution in [1.29, 1.82) is 0 Å². The fraction of sp³-hybridized carbons (Fsp3) is 1.00. The number of hydrogen-bond acceptors (Lipinski definition) is 3. The average molecular weight is 320 g/mol. The molecular formula is C17H34F2N2O. The molecular weight excluding hydrogens is 286 g/mol. The number of methoxy groups -OCH3 is 1. The van der Waals surface area contributed by atoms with Crippen LogP contribution >= 0.6 is 0 Å². The lowest BCUT2D eigenvalue weighted by Crippen LogP contribution is -2.66. The topological polar surface area (TPSA) is 24.5 Å². The monoisotopic (exact) mass is 320 g/mol. The fourth-order valence-corrected chi connectivity index (χ4v) is 3.06. The predicted molar refractivity (Wildman–Crippen MR) is 87.6 cm³/mol. The Morgan fingerprint density at radius 3 is 2.23 bits per heavy atom. The highest BCUT2D eigenvalue weighted by atomic mass is 19.3. The van der Waals surface area contributed by atoms with Crippen LogP contribution in [0.25, 0.3) is 0 Å². The Kier molecular flexibility index (Phi) is 6.78. The molecule has 0 aliphatic carbocycles. The van der Waals surface area contributed by atoms with Gasteiger partial charge >= 0.3 is 0 Å². The van der Waals surface area contributed by atoms with Crippen LogP contribution in [0.2, 0.25) is 0 Å². The highest BCUT2D eigenvalue weighted by Crippen LogP contribution is 2.40. The quantitative estimate of drug-likeness (QED) is 0.623. The van der Waals surface area contributed by atoms with Crippen molar-refractivity contribution in [2.24, 2.45) is 5.92 Å². The van der Waals surface area contributed by atoms with Crippen molar-refractivity contribution >= 4 is 0 Å². The summed E-state index contributed by atoms with van der Waals surface area (Å²) in [5, 5.41) is 3.56. The Bertz CT molecular complexity index is 344. The lowest BCUT2D eigenvalue weighted by atomic mass is 9.76. The molecule has 1 heterocycles. The molecule has 1 aliphatic rings. The third kappa shape index (κ3) is 4.87. The largest absolute Gasteiger partial charge is 0.383 e. The first-order valence-electron chi connectivity index (χ1n) is 8.45. The van der Waals surface area contributed by atoms with E-state index in [-0.39, 0.29) is 24.2 Å². The van der Waals surface area contributed by atoms with Gasteiger partial charge in [0.15, 0.2) is 0 Å². The molecule has 0 aromatic carbocycles. The third-order valence-electron chi connectivity index (χ3n) is 5.63. The maximum Gasteiger partial charge on any atom is 0.272 e. The molecule has 1 fully saturated rings. The van der Waals surface area contributed by atoms with Crippen LogP contribution in [0.1, 0.15) is 53.9 Å². The van der Waals surface area contributed by atoms with Crippen molar-refractivity contribution in [3.8, 4) is 0 Å². The summed E-state index contributed by atoms with van der Waals surface area (Å²) in [4.78, 5) is 1.96. The van der Waals surface area contributed by atoms with Crippen molar-refractivity contribution in [2.45, 2.75) is 70.9 Å². The van der Waals surface area contributed by atoms with Crippen LogP contribution < -0.4 is 5.32 Å². The summed E-state index contributed by atoms with van der Waals surface area (Å²) in [5.74, 6) is -2.15. The van der Waals surface area contributed by atoms with Crippen LogP contribution in [0, 0.1) is 5.92 Å². The van der Waals surface area contributed by atoms with Gasteiger partial charge < -0.3 is 10.1 Å². The van der Waals surface area contributed by atoms with Gasteiger partial charge in [0.2, 0.25) is 0 Å². The molecule has 0 aromatic rings. The standard InChI is InChI=1S/C17H34F2N2O/c1-7-15(4,20-10-11-22-6)8-9-16(5,14(2)3)21-12-17(18,19)13-21/h14,20H,7-13H2,1-6H3. The zero-order chi connectivity index (χ0) is 17.0. The second-order valence-corrected chi connectivity index (χ2v) is 7.56. The third-order valence-corrected chi connectivity index (χ3v) is 5.63. The molecule has 1 saturated heterocycles. The van der Waals surface area contributed by atoms with Gasteiger partial charge in [-0.1, -0.05) is 20.8 Å². The lowest BCUT2D eigenvalue weighted by Gasteiger charge is -2.53. The summed E-state index contributed by atoms with van der Waals surface area (Å²) in [6.07, 6.45) is 2.91. The van der Waals surface area contributed by atoms with Crippen molar-refractivity contribution in [3.05, 3.63) is 0 Å². The SMILES string of the molecule is CCC(C)(CCC(C)(C(C)C)N1CC(F)(F)C1)NCCOC. The molecule has 0 aromatic heterocycles. The number of rotatable bonds is 10. The number of hydrogen-bond donors (Lipinski definition) is 1. The normalized spacial score (nSPS) is 23.9. The van der Waals surface area contributed by atoms with Crippen LogP contribution in [0.3, 0.4) is 0 Å². The number of nitrogens with one attached hydrogen (secondary N) is 1. The number of alkyl halides is 2. The van der Waals surface area contributed by atoms with E-state index in [4.69, 9.17) is 4.74 Å². The van der Waals surface area contributed by atoms with Gasteiger partial charge in [-0.3, -0.25) is 4.90 Å². The van der Waals surface area contributed by atoms with Crippen LogP contribution in [0.15, 0.2) is 0 Å². The maximum atomic E-state index is 13.3. The maximum absolute atomic E-state index is 13.3. The molecule has 22 heavy (non-hydrogen) atoms. The summed E-state index contributed by atoms with van der Waals surface area (Å²) in [6, 6.07) is 0. The van der Waals surface area contributed by atoms with E-state index in [9.17, 15) is 8.78 Å². The number of nitrogens with zero attached hydrogens (tertiary/aromatic N) is 1. The van der Waals surface area contributed by atoms with Gasteiger partial charge in [-0.05, 0) is 39.0 Å². The van der Waals surface area contributed by atoms with E-state index in [2.05, 4.69) is 39.9 Å². The van der Waals surface area contributed by atoms with Crippen molar-refractivity contribution < 1.29 is 13.5 Å². The summed E-state index contributed by atoms with van der Waals surface area (Å²) < 4.78 is 31.6. The first-order valence-corrected chi connectivity index (χ1v) is 8.45. The van der Waals surface area contributed by atoms with Crippen LogP contribution in [0.4, 0.5) is 8.78 Å². The van der Waals surface area contributed by atoms with Crippen molar-refractivity contribution in [3.63, 3.8) is 0 Å². The molecule has 5 heteroatoms. The molecule has 0 radical (unpaired) electrons. The molecule has 2 unspecified atom stereocenters. The van der Waals surface area contributed by atoms with Gasteiger partial charge in [0.1, 0.15) is 0 Å². The fourth-order valence-electron chi connectivity index (χ4n) is 3.06. The van der Waals surface area contributed by atoms with E-state index >= 15 is 0 Å². The average Bonchev–Trinajstić information content (AvgIpc) is 2.42. The molecule has 0 amide bonds. The highest BCUT2D eigenvalue weighted by Gasteiger charge is 2.52. The molecule has 1 rings (SSSR count). The predicted octanol–water partition coefficient (Wildman–Crippen LogP) is 3.54. The highest BCUT2D eigenvalue weighted by molar-refractivity contribution is 5.01. The number of ether oxygens (including phenoxy) is 1. The Morgan fingerprint density at radius 1 is 1.23 bits per heavy atom. The Labute approximate surface area is 134 Å². The van der Waals surface area contributed by atoms with Gasteiger partial charge in [-0.15, -0.1) is 0 Å². The van der Waals surface area contributed by atoms with E-state index < -0.39 is 5.92 Å². The summed E-state index contributed by atoms with van der Waals surface area (Å²) >= 11 is 0. The van der Waals surface area contributed by atoms with E-state index in [1.807, 2.05) is 4.90 Å². The second kappa shape index (κ2) is 7.54. The lowest BCUT2D eigenvalue weighted by molar-refractivity contribution is -0.178. The van der Waals surface area contributed by atoms with Gasteiger partial charge in [-0.25, -0.2) is 8.78 Å². The summed E-state index contributed by atoms with van der Waals surface area (Å²) in [6.45, 7) is 12.1. The smallest absolute Gasteiger partial charge is 0.272 e. The van der Waals surface area contributed by atoms with Crippen LogP contribution in [0.5, 0.6) is 0 Å².